The van der Waals surface area contributed by atoms with Crippen molar-refractivity contribution >= 4 is 21.8 Å². The number of hydrogen-bond acceptors (Lipinski definition) is 2. The first kappa shape index (κ1) is 44.4. The van der Waals surface area contributed by atoms with Crippen molar-refractivity contribution in [3.63, 3.8) is 0 Å². The van der Waals surface area contributed by atoms with Crippen molar-refractivity contribution in [3.8, 4) is 39.9 Å². The van der Waals surface area contributed by atoms with Gasteiger partial charge in [0.05, 0.1) is 11.4 Å². The predicted octanol–water partition coefficient (Wildman–Crippen LogP) is 14.1. The molecule has 3 aromatic heterocycles. The van der Waals surface area contributed by atoms with Gasteiger partial charge in [-0.15, -0.1) is 29.8 Å². The van der Waals surface area contributed by atoms with Gasteiger partial charge in [0.25, 0.3) is 6.33 Å². The van der Waals surface area contributed by atoms with Gasteiger partial charge in [0.2, 0.25) is 0 Å². The van der Waals surface area contributed by atoms with Crippen LogP contribution in [-0.4, -0.2) is 14.1 Å². The van der Waals surface area contributed by atoms with Crippen LogP contribution >= 0.6 is 0 Å². The fourth-order valence-corrected chi connectivity index (χ4v) is 9.10. The second-order valence-corrected chi connectivity index (χ2v) is 19.0. The summed E-state index contributed by atoms with van der Waals surface area (Å²) in [5.41, 5.74) is 11.2. The number of nitrogens with zero attached hydrogens (tertiary/aromatic N) is 4. The van der Waals surface area contributed by atoms with Crippen LogP contribution in [0, 0.1) is 18.5 Å². The molecule has 0 N–H and O–H groups in total. The zero-order chi connectivity index (χ0) is 44.9. The van der Waals surface area contributed by atoms with E-state index in [4.69, 9.17) is 9.72 Å². The minimum atomic E-state index is -0.400. The number of aromatic nitrogens is 4. The van der Waals surface area contributed by atoms with Gasteiger partial charge in [-0.3, -0.25) is 4.57 Å². The second kappa shape index (κ2) is 17.5. The van der Waals surface area contributed by atoms with Crippen LogP contribution in [0.3, 0.4) is 0 Å². The van der Waals surface area contributed by atoms with Crippen molar-refractivity contribution in [2.45, 2.75) is 64.7 Å². The van der Waals surface area contributed by atoms with Crippen LogP contribution in [0.2, 0.25) is 0 Å². The summed E-state index contributed by atoms with van der Waals surface area (Å²) >= 11 is 0. The summed E-state index contributed by atoms with van der Waals surface area (Å²) in [4.78, 5) is 4.98. The molecule has 66 heavy (non-hydrogen) atoms. The first-order valence-corrected chi connectivity index (χ1v) is 22.4. The van der Waals surface area contributed by atoms with E-state index in [9.17, 15) is 0 Å². The van der Waals surface area contributed by atoms with Gasteiger partial charge in [0.1, 0.15) is 5.82 Å². The number of ether oxygens (including phenoxy) is 1. The SMILES string of the molecule is CC(C)(C)c1ccnc(-n2c3[c-]c(Oc4[c-]c(-n5[c-][n+](-c6cccc(C(C)(C)c7ccccc7)c6)c(-c6ccccc6)c5)ccc4)cc(C(C)(C)c4ccccc4)c3c3ccccc32)c1.[Pt]. The largest absolute Gasteiger partial charge is 0.510 e. The molecule has 5 nitrogen and oxygen atoms in total. The number of benzene rings is 7. The van der Waals surface area contributed by atoms with Gasteiger partial charge in [0.15, 0.2) is 0 Å². The molecule has 0 saturated heterocycles. The van der Waals surface area contributed by atoms with Crippen LogP contribution < -0.4 is 9.30 Å². The molecule has 0 fully saturated rings. The number of pyridine rings is 1. The average Bonchev–Trinajstić information content (AvgIpc) is 3.93. The summed E-state index contributed by atoms with van der Waals surface area (Å²) in [5.74, 6) is 2.00. The van der Waals surface area contributed by atoms with Crippen molar-refractivity contribution in [2.24, 2.45) is 0 Å². The number of hydrogen-bond donors (Lipinski definition) is 0. The van der Waals surface area contributed by atoms with Crippen molar-refractivity contribution in [1.82, 2.24) is 14.1 Å². The van der Waals surface area contributed by atoms with E-state index >= 15 is 0 Å². The molecule has 7 aromatic carbocycles. The Morgan fingerprint density at radius 2 is 1.20 bits per heavy atom. The minimum Gasteiger partial charge on any atom is -0.510 e. The third-order valence-electron chi connectivity index (χ3n) is 13.0. The zero-order valence-electron chi connectivity index (χ0n) is 38.4. The summed E-state index contributed by atoms with van der Waals surface area (Å²) in [7, 11) is 0. The van der Waals surface area contributed by atoms with E-state index in [0.717, 1.165) is 55.8 Å². The molecular formula is C60H52N4OPt-2. The molecule has 0 aliphatic carbocycles. The Hall–Kier alpha value is -6.81. The van der Waals surface area contributed by atoms with E-state index in [2.05, 4.69) is 234 Å². The standard InChI is InChI=1S/C60H52N4O.Pt/c1-58(2,3)45-33-34-61-56(36-45)64-53-32-18-17-31-51(53)57-52(60(6,7)44-25-15-10-16-26-44)38-50(39-54(57)64)65-49-30-20-28-47(37-49)62-40-55(42-21-11-8-12-22-42)63(41-62)48-29-19-27-46(35-48)59(4,5)43-23-13-9-14-24-43;/h8-36,38,40H,1-7H3;/q-2;. The van der Waals surface area contributed by atoms with Crippen LogP contribution in [0.5, 0.6) is 11.5 Å². The minimum absolute atomic E-state index is 0. The average molecular weight is 1040 g/mol. The molecule has 0 amide bonds. The number of imidazole rings is 1. The maximum atomic E-state index is 6.91. The van der Waals surface area contributed by atoms with Gasteiger partial charge in [-0.25, -0.2) is 4.98 Å². The fraction of sp³-hybridized carbons (Fsp3) is 0.167. The molecule has 10 rings (SSSR count). The molecule has 3 heterocycles. The second-order valence-electron chi connectivity index (χ2n) is 19.0. The van der Waals surface area contributed by atoms with Crippen LogP contribution in [-0.2, 0) is 37.3 Å². The normalized spacial score (nSPS) is 12.0. The monoisotopic (exact) mass is 1040 g/mol. The van der Waals surface area contributed by atoms with Gasteiger partial charge in [0, 0.05) is 55.9 Å². The van der Waals surface area contributed by atoms with Gasteiger partial charge < -0.3 is 13.9 Å². The fourth-order valence-electron chi connectivity index (χ4n) is 9.10. The van der Waals surface area contributed by atoms with Gasteiger partial charge >= 0.3 is 0 Å². The van der Waals surface area contributed by atoms with E-state index < -0.39 is 5.41 Å². The molecule has 0 saturated carbocycles. The van der Waals surface area contributed by atoms with Crippen LogP contribution in [0.1, 0.15) is 76.3 Å². The molecule has 0 spiro atoms. The molecule has 6 heteroatoms. The molecule has 0 radical (unpaired) electrons. The van der Waals surface area contributed by atoms with Crippen molar-refractivity contribution in [1.29, 1.82) is 0 Å². The maximum Gasteiger partial charge on any atom is 0.267 e. The molecule has 0 unspecified atom stereocenters. The van der Waals surface area contributed by atoms with Gasteiger partial charge in [-0.2, -0.15) is 12.1 Å². The van der Waals surface area contributed by atoms with E-state index in [-0.39, 0.29) is 31.9 Å². The molecular weight excluding hydrogens is 988 g/mol. The molecule has 0 aliphatic rings. The smallest absolute Gasteiger partial charge is 0.267 e. The summed E-state index contributed by atoms with van der Waals surface area (Å²) in [6.07, 6.45) is 7.71. The van der Waals surface area contributed by atoms with Crippen LogP contribution in [0.25, 0.3) is 50.3 Å². The third kappa shape index (κ3) is 8.22. The zero-order valence-corrected chi connectivity index (χ0v) is 40.7. The van der Waals surface area contributed by atoms with Gasteiger partial charge in [-0.1, -0.05) is 181 Å². The summed E-state index contributed by atoms with van der Waals surface area (Å²) < 4.78 is 13.3. The van der Waals surface area contributed by atoms with E-state index in [1.54, 1.807) is 0 Å². The topological polar surface area (TPSA) is 35.9 Å². The Labute approximate surface area is 403 Å². The van der Waals surface area contributed by atoms with Crippen molar-refractivity contribution in [3.05, 3.63) is 235 Å². The van der Waals surface area contributed by atoms with Gasteiger partial charge in [-0.05, 0) is 80.1 Å². The molecule has 330 valence electrons. The quantitative estimate of drug-likeness (QED) is 0.101. The summed E-state index contributed by atoms with van der Waals surface area (Å²) in [6, 6.07) is 69.1. The first-order chi connectivity index (χ1) is 31.4. The first-order valence-electron chi connectivity index (χ1n) is 22.4. The molecule has 0 aliphatic heterocycles. The summed E-state index contributed by atoms with van der Waals surface area (Å²) in [5, 5.41) is 2.26. The molecule has 0 atom stereocenters. The predicted molar refractivity (Wildman–Crippen MR) is 264 cm³/mol. The Morgan fingerprint density at radius 3 is 1.91 bits per heavy atom. The van der Waals surface area contributed by atoms with Crippen LogP contribution in [0.15, 0.2) is 188 Å². The third-order valence-corrected chi connectivity index (χ3v) is 13.0. The van der Waals surface area contributed by atoms with E-state index in [1.165, 1.54) is 22.3 Å². The van der Waals surface area contributed by atoms with Crippen molar-refractivity contribution in [2.75, 3.05) is 0 Å². The number of rotatable bonds is 10. The molecule has 0 bridgehead atoms. The maximum absolute atomic E-state index is 6.91. The Bertz CT molecular complexity index is 3320. The Morgan fingerprint density at radius 1 is 0.561 bits per heavy atom. The number of para-hydroxylation sites is 1. The number of fused-ring (bicyclic) bond motifs is 3. The Kier molecular flexibility index (Phi) is 11.8. The molecule has 10 aromatic rings. The van der Waals surface area contributed by atoms with E-state index in [1.807, 2.05) is 35.0 Å². The Balaban J connectivity index is 0.00000548. The van der Waals surface area contributed by atoms with Crippen molar-refractivity contribution < 1.29 is 30.4 Å². The summed E-state index contributed by atoms with van der Waals surface area (Å²) in [6.45, 7) is 15.8. The van der Waals surface area contributed by atoms with Crippen LogP contribution in [0.4, 0.5) is 0 Å². The van der Waals surface area contributed by atoms with E-state index in [0.29, 0.717) is 11.5 Å².